The van der Waals surface area contributed by atoms with E-state index in [4.69, 9.17) is 21.1 Å². The van der Waals surface area contributed by atoms with Crippen molar-refractivity contribution in [3.8, 4) is 0 Å². The summed E-state index contributed by atoms with van der Waals surface area (Å²) in [6.45, 7) is 3.17. The molecule has 1 amide bonds. The number of nitrogens with zero attached hydrogens (tertiary/aromatic N) is 1. The quantitative estimate of drug-likeness (QED) is 0.203. The molecule has 1 aliphatic rings. The molecule has 0 aliphatic carbocycles. The number of amides is 1. The number of hydrogen-bond acceptors (Lipinski definition) is 5. The van der Waals surface area contributed by atoms with Gasteiger partial charge in [-0.2, -0.15) is 0 Å². The van der Waals surface area contributed by atoms with Crippen LogP contribution in [0.15, 0.2) is 36.4 Å². The summed E-state index contributed by atoms with van der Waals surface area (Å²) >= 11 is 6.00. The molecule has 0 aromatic heterocycles. The number of ether oxygens (including phenoxy) is 2. The van der Waals surface area contributed by atoms with Gasteiger partial charge in [-0.25, -0.2) is 4.79 Å². The first-order valence-electron chi connectivity index (χ1n) is 10.6. The van der Waals surface area contributed by atoms with Gasteiger partial charge >= 0.3 is 35.5 Å². The molecule has 1 unspecified atom stereocenters. The molecular weight excluding hydrogens is 440 g/mol. The van der Waals surface area contributed by atoms with Crippen molar-refractivity contribution in [3.63, 3.8) is 0 Å². The Hall–Kier alpha value is -0.825. The number of piperidine rings is 1. The standard InChI is InChI=1S/C23H32ClNO5.B.Na/c1-2-30-23(28)17-29-14-4-3-13-25-20(9-6-10-22(25)27)11-12-21(26)16-18-7-5-8-19(24)15-18;;/h5,7-8,11-12,15,20-21,26H,2-4,6,9-10,13-14,16-17H2,1H3;;/q;-1;+1/b12-11+;;/t20?,21-;;/m0../s1. The number of halogens is 1. The smallest absolute Gasteiger partial charge is 1.00 e. The fourth-order valence-electron chi connectivity index (χ4n) is 3.51. The first kappa shape index (κ1) is 31.2. The third kappa shape index (κ3) is 11.9. The fourth-order valence-corrected chi connectivity index (χ4v) is 3.72. The summed E-state index contributed by atoms with van der Waals surface area (Å²) < 4.78 is 10.1. The Kier molecular flexibility index (Phi) is 17.2. The van der Waals surface area contributed by atoms with E-state index in [0.29, 0.717) is 37.6 Å². The minimum Gasteiger partial charge on any atom is -1.00 e. The number of aliphatic hydroxyl groups excluding tert-OH is 1. The number of carbonyl (C=O) groups excluding carboxylic acids is 2. The number of unbranched alkanes of at least 4 members (excludes halogenated alkanes) is 1. The van der Waals surface area contributed by atoms with E-state index < -0.39 is 6.10 Å². The topological polar surface area (TPSA) is 76.1 Å². The molecule has 6 nitrogen and oxygen atoms in total. The van der Waals surface area contributed by atoms with Gasteiger partial charge in [0.05, 0.1) is 18.8 Å². The second-order valence-corrected chi connectivity index (χ2v) is 7.83. The van der Waals surface area contributed by atoms with Crippen molar-refractivity contribution < 1.29 is 53.7 Å². The second-order valence-electron chi connectivity index (χ2n) is 7.40. The summed E-state index contributed by atoms with van der Waals surface area (Å²) in [7, 11) is 0. The van der Waals surface area contributed by atoms with E-state index in [2.05, 4.69) is 0 Å². The van der Waals surface area contributed by atoms with Gasteiger partial charge in [-0.15, -0.1) is 0 Å². The summed E-state index contributed by atoms with van der Waals surface area (Å²) in [4.78, 5) is 25.5. The summed E-state index contributed by atoms with van der Waals surface area (Å²) in [6, 6.07) is 7.45. The average molecular weight is 472 g/mol. The number of carbonyl (C=O) groups is 2. The van der Waals surface area contributed by atoms with Crippen LogP contribution in [0.25, 0.3) is 0 Å². The summed E-state index contributed by atoms with van der Waals surface area (Å²) in [6.07, 6.45) is 7.45. The Morgan fingerprint density at radius 3 is 2.88 bits per heavy atom. The molecule has 1 aromatic rings. The predicted molar refractivity (Wildman–Crippen MR) is 122 cm³/mol. The molecule has 2 rings (SSSR count). The van der Waals surface area contributed by atoms with Crippen molar-refractivity contribution in [3.05, 3.63) is 47.0 Å². The molecule has 1 fully saturated rings. The maximum atomic E-state index is 12.4. The Morgan fingerprint density at radius 2 is 2.16 bits per heavy atom. The molecule has 1 aromatic carbocycles. The van der Waals surface area contributed by atoms with Crippen LogP contribution in [0, 0.1) is 0 Å². The fraction of sp³-hybridized carbons (Fsp3) is 0.565. The van der Waals surface area contributed by atoms with Crippen molar-refractivity contribution in [1.82, 2.24) is 4.90 Å². The Morgan fingerprint density at radius 1 is 1.38 bits per heavy atom. The number of aliphatic hydroxyl groups is 1. The molecule has 32 heavy (non-hydrogen) atoms. The van der Waals surface area contributed by atoms with Gasteiger partial charge in [-0.1, -0.05) is 35.9 Å². The van der Waals surface area contributed by atoms with Crippen LogP contribution in [-0.2, 0) is 25.5 Å². The van der Waals surface area contributed by atoms with E-state index in [9.17, 15) is 14.7 Å². The van der Waals surface area contributed by atoms with Crippen LogP contribution < -0.4 is 29.6 Å². The number of likely N-dealkylation sites (tertiary alicyclic amines) is 1. The Labute approximate surface area is 220 Å². The molecule has 2 atom stereocenters. The monoisotopic (exact) mass is 471 g/mol. The molecule has 1 heterocycles. The SMILES string of the molecule is CCOC(=O)COCCCCN1C(=O)CCCC1/C=C/[C@H](O)Cc1cccc(Cl)c1.[B-].[Na+]. The Balaban J connectivity index is 0.00000480. The molecule has 9 heteroatoms. The van der Waals surface area contributed by atoms with Gasteiger partial charge in [-0.05, 0) is 50.3 Å². The van der Waals surface area contributed by atoms with E-state index in [1.807, 2.05) is 29.2 Å². The van der Waals surface area contributed by atoms with Crippen LogP contribution in [0.4, 0.5) is 0 Å². The maximum absolute atomic E-state index is 12.4. The minimum atomic E-state index is -0.626. The molecule has 0 saturated carbocycles. The molecule has 0 spiro atoms. The zero-order valence-electron chi connectivity index (χ0n) is 19.2. The predicted octanol–water partition coefficient (Wildman–Crippen LogP) is 0.164. The molecular formula is C23H32BClNNaO5. The van der Waals surface area contributed by atoms with Crippen LogP contribution in [0.1, 0.15) is 44.6 Å². The molecule has 1 N–H and O–H groups in total. The normalized spacial score (nSPS) is 16.9. The Bertz CT molecular complexity index is 721. The number of benzene rings is 1. The molecule has 170 valence electrons. The van der Waals surface area contributed by atoms with E-state index >= 15 is 0 Å². The van der Waals surface area contributed by atoms with E-state index in [0.717, 1.165) is 31.2 Å². The van der Waals surface area contributed by atoms with Gasteiger partial charge in [0.15, 0.2) is 0 Å². The summed E-state index contributed by atoms with van der Waals surface area (Å²) in [5.41, 5.74) is 0.971. The minimum absolute atomic E-state index is 0. The van der Waals surface area contributed by atoms with Crippen molar-refractivity contribution in [1.29, 1.82) is 0 Å². The van der Waals surface area contributed by atoms with Crippen LogP contribution in [0.3, 0.4) is 0 Å². The largest absolute Gasteiger partial charge is 1.00 e. The number of rotatable bonds is 12. The van der Waals surface area contributed by atoms with Crippen LogP contribution in [0.2, 0.25) is 5.02 Å². The summed E-state index contributed by atoms with van der Waals surface area (Å²) in [5, 5.41) is 11.0. The number of hydrogen-bond donors (Lipinski definition) is 1. The third-order valence-electron chi connectivity index (χ3n) is 4.96. The molecule has 0 bridgehead atoms. The third-order valence-corrected chi connectivity index (χ3v) is 5.20. The number of esters is 1. The van der Waals surface area contributed by atoms with E-state index in [1.165, 1.54) is 0 Å². The summed E-state index contributed by atoms with van der Waals surface area (Å²) in [5.74, 6) is -0.210. The van der Waals surface area contributed by atoms with Crippen molar-refractivity contribution in [2.24, 2.45) is 0 Å². The van der Waals surface area contributed by atoms with Gasteiger partial charge in [0.25, 0.3) is 0 Å². The van der Waals surface area contributed by atoms with Crippen molar-refractivity contribution in [2.45, 2.75) is 57.6 Å². The van der Waals surface area contributed by atoms with Crippen LogP contribution >= 0.6 is 11.6 Å². The zero-order valence-corrected chi connectivity index (χ0v) is 21.9. The van der Waals surface area contributed by atoms with Crippen molar-refractivity contribution >= 4 is 31.9 Å². The molecule has 1 aliphatic heterocycles. The molecule has 1 saturated heterocycles. The van der Waals surface area contributed by atoms with Gasteiger partial charge in [0.1, 0.15) is 6.61 Å². The van der Waals surface area contributed by atoms with E-state index in [1.54, 1.807) is 19.1 Å². The van der Waals surface area contributed by atoms with E-state index in [-0.39, 0.29) is 62.5 Å². The molecule has 4 radical (unpaired) electrons. The van der Waals surface area contributed by atoms with Gasteiger partial charge in [0.2, 0.25) is 5.91 Å². The first-order chi connectivity index (χ1) is 14.5. The van der Waals surface area contributed by atoms with Crippen LogP contribution in [-0.4, -0.2) is 68.8 Å². The van der Waals surface area contributed by atoms with Gasteiger partial charge in [-0.3, -0.25) is 4.79 Å². The van der Waals surface area contributed by atoms with Crippen LogP contribution in [0.5, 0.6) is 0 Å². The maximum Gasteiger partial charge on any atom is 1.00 e. The second kappa shape index (κ2) is 17.6. The zero-order chi connectivity index (χ0) is 21.8. The van der Waals surface area contributed by atoms with Gasteiger partial charge in [0, 0.05) is 31.0 Å². The van der Waals surface area contributed by atoms with Gasteiger partial charge < -0.3 is 27.9 Å². The average Bonchev–Trinajstić information content (AvgIpc) is 2.70. The van der Waals surface area contributed by atoms with Crippen molar-refractivity contribution in [2.75, 3.05) is 26.4 Å². The first-order valence-corrected chi connectivity index (χ1v) is 11.0.